The fourth-order valence-electron chi connectivity index (χ4n) is 3.81. The van der Waals surface area contributed by atoms with Crippen LogP contribution in [0.5, 0.6) is 0 Å². The third kappa shape index (κ3) is 13.0. The zero-order chi connectivity index (χ0) is 36.8. The van der Waals surface area contributed by atoms with Crippen LogP contribution in [-0.4, -0.2) is 241 Å². The highest BCUT2D eigenvalue weighted by Crippen LogP contribution is 2.28. The van der Waals surface area contributed by atoms with Gasteiger partial charge in [-0.25, -0.2) is 0 Å². The standard InChI is InChI=1S/C12H22O11.2C6H12O6/c13-1-3-5(15)6(16)9(19)12(22-3)23-10-4(2-14)21-11(20)8(18)7(10)17;2*7-1-3(9)5(11)6(12)4(10)2-8/h3-20H,1-2H2;2*1,3-6,8-12H,2H2/t3-,4-,5+,6+,7-,8-,9-,10-,11-,12+;3-,4+,5+,6+;3-,4+,5+,6-/m100/s1. The highest BCUT2D eigenvalue weighted by atomic mass is 16.7. The monoisotopic (exact) mass is 702 g/mol. The summed E-state index contributed by atoms with van der Waals surface area (Å²) in [6.45, 7) is -2.87. The molecule has 2 aliphatic heterocycles. The first-order chi connectivity index (χ1) is 21.9. The average Bonchev–Trinajstić information content (AvgIpc) is 3.09. The van der Waals surface area contributed by atoms with E-state index in [0.717, 1.165) is 0 Å². The summed E-state index contributed by atoms with van der Waals surface area (Å²) in [6, 6.07) is 0. The predicted octanol–water partition coefficient (Wildman–Crippen LogP) is -12.2. The molecule has 18 N–H and O–H groups in total. The first-order valence-corrected chi connectivity index (χ1v) is 13.7. The van der Waals surface area contributed by atoms with Crippen LogP contribution in [0.25, 0.3) is 0 Å². The van der Waals surface area contributed by atoms with Gasteiger partial charge in [-0.1, -0.05) is 0 Å². The van der Waals surface area contributed by atoms with E-state index in [1.807, 2.05) is 0 Å². The van der Waals surface area contributed by atoms with Gasteiger partial charge in [-0.05, 0) is 0 Å². The van der Waals surface area contributed by atoms with Crippen LogP contribution in [0.1, 0.15) is 0 Å². The molecular formula is C24H46O23. The molecule has 280 valence electrons. The molecule has 0 bridgehead atoms. The third-order valence-electron chi connectivity index (χ3n) is 6.82. The van der Waals surface area contributed by atoms with Crippen molar-refractivity contribution < 1.29 is 116 Å². The van der Waals surface area contributed by atoms with Crippen molar-refractivity contribution in [3.05, 3.63) is 0 Å². The molecule has 0 aliphatic carbocycles. The van der Waals surface area contributed by atoms with Gasteiger partial charge >= 0.3 is 0 Å². The number of rotatable bonds is 14. The van der Waals surface area contributed by atoms with Crippen LogP contribution in [0.2, 0.25) is 0 Å². The van der Waals surface area contributed by atoms with Crippen molar-refractivity contribution in [2.45, 2.75) is 110 Å². The third-order valence-corrected chi connectivity index (χ3v) is 6.82. The van der Waals surface area contributed by atoms with Gasteiger partial charge in [-0.2, -0.15) is 0 Å². The summed E-state index contributed by atoms with van der Waals surface area (Å²) in [5.74, 6) is 0. The first kappa shape index (κ1) is 45.5. The van der Waals surface area contributed by atoms with Crippen LogP contribution in [-0.2, 0) is 23.8 Å². The van der Waals surface area contributed by atoms with Crippen LogP contribution < -0.4 is 0 Å². The van der Waals surface area contributed by atoms with E-state index in [-0.39, 0.29) is 12.6 Å². The number of aliphatic hydroxyl groups is 18. The Morgan fingerprint density at radius 2 is 0.957 bits per heavy atom. The summed E-state index contributed by atoms with van der Waals surface area (Å²) >= 11 is 0. The zero-order valence-corrected chi connectivity index (χ0v) is 24.5. The minimum absolute atomic E-state index is 0.0258. The normalized spacial score (nSPS) is 36.0. The molecule has 2 fully saturated rings. The van der Waals surface area contributed by atoms with E-state index >= 15 is 0 Å². The van der Waals surface area contributed by atoms with Crippen LogP contribution in [0.15, 0.2) is 0 Å². The smallest absolute Gasteiger partial charge is 0.187 e. The second kappa shape index (κ2) is 22.3. The van der Waals surface area contributed by atoms with Crippen molar-refractivity contribution in [3.8, 4) is 0 Å². The van der Waals surface area contributed by atoms with Crippen molar-refractivity contribution in [2.24, 2.45) is 0 Å². The van der Waals surface area contributed by atoms with Gasteiger partial charge in [0.05, 0.1) is 26.4 Å². The fourth-order valence-corrected chi connectivity index (χ4v) is 3.81. The lowest BCUT2D eigenvalue weighted by Gasteiger charge is -2.45. The highest BCUT2D eigenvalue weighted by Gasteiger charge is 2.50. The van der Waals surface area contributed by atoms with E-state index < -0.39 is 137 Å². The van der Waals surface area contributed by atoms with Crippen LogP contribution >= 0.6 is 0 Å². The van der Waals surface area contributed by atoms with E-state index in [2.05, 4.69) is 0 Å². The predicted molar refractivity (Wildman–Crippen MR) is 143 cm³/mol. The molecule has 2 aliphatic rings. The summed E-state index contributed by atoms with van der Waals surface area (Å²) in [4.78, 5) is 19.8. The Labute approximate surface area is 265 Å². The second-order valence-corrected chi connectivity index (χ2v) is 10.2. The number of aldehydes is 2. The van der Waals surface area contributed by atoms with E-state index in [4.69, 9.17) is 70.4 Å². The van der Waals surface area contributed by atoms with Crippen molar-refractivity contribution in [2.75, 3.05) is 26.4 Å². The number of carbonyl (C=O) groups is 2. The topological polar surface area (TPSA) is 426 Å². The van der Waals surface area contributed by atoms with E-state index in [0.29, 0.717) is 0 Å². The molecule has 0 saturated carbocycles. The molecule has 0 amide bonds. The minimum atomic E-state index is -1.79. The van der Waals surface area contributed by atoms with Gasteiger partial charge in [0.15, 0.2) is 25.2 Å². The van der Waals surface area contributed by atoms with E-state index in [1.54, 1.807) is 0 Å². The maximum atomic E-state index is 9.94. The van der Waals surface area contributed by atoms with Crippen molar-refractivity contribution in [3.63, 3.8) is 0 Å². The van der Waals surface area contributed by atoms with Gasteiger partial charge in [0.1, 0.15) is 97.7 Å². The number of aliphatic hydroxyl groups excluding tert-OH is 18. The maximum Gasteiger partial charge on any atom is 0.187 e. The van der Waals surface area contributed by atoms with Gasteiger partial charge < -0.3 is 116 Å². The molecule has 23 heteroatoms. The molecule has 0 aromatic carbocycles. The summed E-state index contributed by atoms with van der Waals surface area (Å²) in [5, 5.41) is 164. The minimum Gasteiger partial charge on any atom is -0.394 e. The molecule has 0 radical (unpaired) electrons. The Morgan fingerprint density at radius 3 is 1.32 bits per heavy atom. The van der Waals surface area contributed by atoms with Gasteiger partial charge in [-0.3, -0.25) is 0 Å². The lowest BCUT2D eigenvalue weighted by Crippen LogP contribution is -2.64. The highest BCUT2D eigenvalue weighted by molar-refractivity contribution is 5.57. The van der Waals surface area contributed by atoms with Gasteiger partial charge in [-0.15, -0.1) is 0 Å². The second-order valence-electron chi connectivity index (χ2n) is 10.2. The van der Waals surface area contributed by atoms with Crippen LogP contribution in [0.4, 0.5) is 0 Å². The fraction of sp³-hybridized carbons (Fsp3) is 0.917. The van der Waals surface area contributed by atoms with Crippen LogP contribution in [0, 0.1) is 0 Å². The maximum absolute atomic E-state index is 9.94. The molecule has 47 heavy (non-hydrogen) atoms. The summed E-state index contributed by atoms with van der Waals surface area (Å²) in [5.41, 5.74) is 0. The molecule has 0 unspecified atom stereocenters. The molecule has 2 saturated heterocycles. The van der Waals surface area contributed by atoms with Gasteiger partial charge in [0.2, 0.25) is 0 Å². The SMILES string of the molecule is O=C[C@H](O)[C@@H](O)[C@@H](O)[C@H](O)CO.O=C[C@H](O)[C@@H](O)[C@H](O)[C@H](O)CO.OC[C@H]1O[C@@H](O[C@H]2[C@H](O)[C@@H](O)[C@H](O)O[C@@H]2CO)[C@H](O)[C@@H](O)[C@H]1O. The Balaban J connectivity index is 0.000000749. The first-order valence-electron chi connectivity index (χ1n) is 13.7. The Hall–Kier alpha value is -1.50. The number of carbonyl (C=O) groups excluding carboxylic acids is 2. The van der Waals surface area contributed by atoms with Crippen molar-refractivity contribution in [1.29, 1.82) is 0 Å². The molecule has 18 atom stereocenters. The van der Waals surface area contributed by atoms with Gasteiger partial charge in [0, 0.05) is 0 Å². The lowest BCUT2D eigenvalue weighted by atomic mass is 9.97. The molecule has 0 aromatic heterocycles. The van der Waals surface area contributed by atoms with Crippen molar-refractivity contribution >= 4 is 12.6 Å². The molecule has 2 rings (SSSR count). The molecule has 0 aromatic rings. The molecular weight excluding hydrogens is 656 g/mol. The molecule has 23 nitrogen and oxygen atoms in total. The van der Waals surface area contributed by atoms with E-state index in [1.165, 1.54) is 0 Å². The Kier molecular flexibility index (Phi) is 21.6. The zero-order valence-electron chi connectivity index (χ0n) is 24.5. The lowest BCUT2D eigenvalue weighted by molar-refractivity contribution is -0.355. The summed E-state index contributed by atoms with van der Waals surface area (Å²) in [6.07, 6.45) is -29.2. The molecule has 0 spiro atoms. The number of hydrogen-bond donors (Lipinski definition) is 18. The summed E-state index contributed by atoms with van der Waals surface area (Å²) < 4.78 is 15.3. The Morgan fingerprint density at radius 1 is 0.532 bits per heavy atom. The largest absolute Gasteiger partial charge is 0.394 e. The van der Waals surface area contributed by atoms with Crippen LogP contribution in [0.3, 0.4) is 0 Å². The average molecular weight is 703 g/mol. The van der Waals surface area contributed by atoms with Crippen molar-refractivity contribution in [1.82, 2.24) is 0 Å². The number of ether oxygens (including phenoxy) is 3. The Bertz CT molecular complexity index is 820. The number of hydrogen-bond acceptors (Lipinski definition) is 23. The quantitative estimate of drug-likeness (QED) is 0.0747. The van der Waals surface area contributed by atoms with Gasteiger partial charge in [0.25, 0.3) is 0 Å². The summed E-state index contributed by atoms with van der Waals surface area (Å²) in [7, 11) is 0. The van der Waals surface area contributed by atoms with E-state index in [9.17, 15) is 45.3 Å². The molecule has 2 heterocycles.